The summed E-state index contributed by atoms with van der Waals surface area (Å²) in [6, 6.07) is 7.04. The summed E-state index contributed by atoms with van der Waals surface area (Å²) in [5.41, 5.74) is 0. The second-order valence-electron chi connectivity index (χ2n) is 6.43. The molecule has 5 nitrogen and oxygen atoms in total. The first-order valence-electron chi connectivity index (χ1n) is 8.03. The zero-order valence-electron chi connectivity index (χ0n) is 14.4. The summed E-state index contributed by atoms with van der Waals surface area (Å²) in [7, 11) is 6.16. The molecule has 1 saturated heterocycles. The maximum Gasteiger partial charge on any atom is 0.134 e. The molecule has 0 saturated carbocycles. The molecule has 0 spiro atoms. The van der Waals surface area contributed by atoms with Crippen LogP contribution in [0.4, 0.5) is 11.6 Å². The van der Waals surface area contributed by atoms with Crippen molar-refractivity contribution in [3.63, 3.8) is 0 Å². The molecule has 0 amide bonds. The van der Waals surface area contributed by atoms with Gasteiger partial charge in [0.05, 0.1) is 0 Å². The van der Waals surface area contributed by atoms with E-state index in [1.54, 1.807) is 6.33 Å². The standard InChI is InChI=1S/C17H25N5S/c1-13-5-6-15(23-13)11-22-8-7-14(10-22)21(4)17-9-16(20(2)3)18-12-19-17/h5-6,9,12,14H,7-8,10-11H2,1-4H3. The maximum atomic E-state index is 4.45. The van der Waals surface area contributed by atoms with E-state index in [2.05, 4.69) is 51.9 Å². The molecule has 0 aliphatic carbocycles. The van der Waals surface area contributed by atoms with Gasteiger partial charge in [-0.15, -0.1) is 11.3 Å². The highest BCUT2D eigenvalue weighted by molar-refractivity contribution is 7.11. The summed E-state index contributed by atoms with van der Waals surface area (Å²) >= 11 is 1.90. The molecule has 0 radical (unpaired) electrons. The van der Waals surface area contributed by atoms with E-state index in [4.69, 9.17) is 0 Å². The molecule has 1 aliphatic rings. The van der Waals surface area contributed by atoms with Gasteiger partial charge in [0.1, 0.15) is 18.0 Å². The molecule has 1 fully saturated rings. The highest BCUT2D eigenvalue weighted by atomic mass is 32.1. The van der Waals surface area contributed by atoms with Crippen molar-refractivity contribution in [2.24, 2.45) is 0 Å². The smallest absolute Gasteiger partial charge is 0.134 e. The number of thiophene rings is 1. The minimum Gasteiger partial charge on any atom is -0.363 e. The number of aromatic nitrogens is 2. The third-order valence-corrected chi connectivity index (χ3v) is 5.41. The number of nitrogens with zero attached hydrogens (tertiary/aromatic N) is 5. The van der Waals surface area contributed by atoms with E-state index in [9.17, 15) is 0 Å². The van der Waals surface area contributed by atoms with Crippen LogP contribution >= 0.6 is 11.3 Å². The fourth-order valence-corrected chi connectivity index (χ4v) is 3.96. The first kappa shape index (κ1) is 16.2. The normalized spacial score (nSPS) is 18.3. The molecule has 0 aromatic carbocycles. The predicted molar refractivity (Wildman–Crippen MR) is 97.5 cm³/mol. The van der Waals surface area contributed by atoms with Crippen molar-refractivity contribution in [2.45, 2.75) is 25.9 Å². The van der Waals surface area contributed by atoms with Crippen molar-refractivity contribution in [3.05, 3.63) is 34.3 Å². The average molecular weight is 331 g/mol. The van der Waals surface area contributed by atoms with Crippen molar-refractivity contribution >= 4 is 23.0 Å². The number of likely N-dealkylation sites (tertiary alicyclic amines) is 1. The Morgan fingerprint density at radius 1 is 1.22 bits per heavy atom. The first-order chi connectivity index (χ1) is 11.0. The lowest BCUT2D eigenvalue weighted by Gasteiger charge is -2.26. The Bertz CT molecular complexity index is 654. The van der Waals surface area contributed by atoms with Crippen LogP contribution in [-0.4, -0.2) is 55.1 Å². The number of rotatable bonds is 5. The van der Waals surface area contributed by atoms with Gasteiger partial charge in [0.15, 0.2) is 0 Å². The minimum absolute atomic E-state index is 0.515. The Kier molecular flexibility index (Phi) is 4.82. The van der Waals surface area contributed by atoms with E-state index in [1.165, 1.54) is 16.2 Å². The van der Waals surface area contributed by atoms with Gasteiger partial charge in [-0.05, 0) is 25.5 Å². The zero-order chi connectivity index (χ0) is 16.4. The Balaban J connectivity index is 1.63. The molecule has 1 unspecified atom stereocenters. The first-order valence-corrected chi connectivity index (χ1v) is 8.84. The van der Waals surface area contributed by atoms with Crippen LogP contribution in [0.15, 0.2) is 24.5 Å². The van der Waals surface area contributed by atoms with E-state index < -0.39 is 0 Å². The van der Waals surface area contributed by atoms with Crippen molar-refractivity contribution in [3.8, 4) is 0 Å². The van der Waals surface area contributed by atoms with Crippen molar-refractivity contribution < 1.29 is 0 Å². The van der Waals surface area contributed by atoms with Crippen LogP contribution < -0.4 is 9.80 Å². The summed E-state index contributed by atoms with van der Waals surface area (Å²) < 4.78 is 0. The molecular weight excluding hydrogens is 306 g/mol. The molecule has 1 atom stereocenters. The molecule has 124 valence electrons. The number of hydrogen-bond donors (Lipinski definition) is 0. The minimum atomic E-state index is 0.515. The van der Waals surface area contributed by atoms with Crippen molar-refractivity contribution in [2.75, 3.05) is 44.0 Å². The van der Waals surface area contributed by atoms with Crippen molar-refractivity contribution in [1.29, 1.82) is 0 Å². The number of hydrogen-bond acceptors (Lipinski definition) is 6. The second kappa shape index (κ2) is 6.84. The molecule has 0 bridgehead atoms. The van der Waals surface area contributed by atoms with Gasteiger partial charge in [-0.25, -0.2) is 9.97 Å². The predicted octanol–water partition coefficient (Wildman–Crippen LogP) is 2.62. The van der Waals surface area contributed by atoms with Crippen molar-refractivity contribution in [1.82, 2.24) is 14.9 Å². The Morgan fingerprint density at radius 2 is 2.00 bits per heavy atom. The van der Waals surface area contributed by atoms with Crippen LogP contribution in [0.1, 0.15) is 16.2 Å². The highest BCUT2D eigenvalue weighted by Gasteiger charge is 2.27. The largest absolute Gasteiger partial charge is 0.363 e. The number of likely N-dealkylation sites (N-methyl/N-ethyl adjacent to an activating group) is 1. The summed E-state index contributed by atoms with van der Waals surface area (Å²) in [6.07, 6.45) is 2.84. The third kappa shape index (κ3) is 3.82. The van der Waals surface area contributed by atoms with Gasteiger partial charge in [-0.3, -0.25) is 4.90 Å². The zero-order valence-corrected chi connectivity index (χ0v) is 15.2. The highest BCUT2D eigenvalue weighted by Crippen LogP contribution is 2.24. The average Bonchev–Trinajstić information content (AvgIpc) is 3.16. The summed E-state index contributed by atoms with van der Waals surface area (Å²) in [5.74, 6) is 1.95. The van der Waals surface area contributed by atoms with Gasteiger partial charge in [-0.1, -0.05) is 0 Å². The van der Waals surface area contributed by atoms with Crippen LogP contribution in [0.3, 0.4) is 0 Å². The molecule has 0 N–H and O–H groups in total. The van der Waals surface area contributed by atoms with Gasteiger partial charge in [0.2, 0.25) is 0 Å². The molecule has 2 aromatic heterocycles. The van der Waals surface area contributed by atoms with E-state index in [0.717, 1.165) is 31.3 Å². The van der Waals surface area contributed by atoms with Crippen LogP contribution in [-0.2, 0) is 6.54 Å². The molecule has 6 heteroatoms. The molecule has 3 heterocycles. The SMILES string of the molecule is Cc1ccc(CN2CCC(N(C)c3cc(N(C)C)ncn3)C2)s1. The van der Waals surface area contributed by atoms with E-state index in [-0.39, 0.29) is 0 Å². The van der Waals surface area contributed by atoms with E-state index >= 15 is 0 Å². The lowest BCUT2D eigenvalue weighted by atomic mass is 10.2. The molecule has 1 aliphatic heterocycles. The van der Waals surface area contributed by atoms with E-state index in [0.29, 0.717) is 6.04 Å². The molecular formula is C17H25N5S. The molecule has 3 rings (SSSR count). The number of aryl methyl sites for hydroxylation is 1. The Morgan fingerprint density at radius 3 is 2.70 bits per heavy atom. The maximum absolute atomic E-state index is 4.45. The Hall–Kier alpha value is -1.66. The van der Waals surface area contributed by atoms with Crippen LogP contribution in [0, 0.1) is 6.92 Å². The summed E-state index contributed by atoms with van der Waals surface area (Å²) in [4.78, 5) is 18.5. The van der Waals surface area contributed by atoms with Gasteiger partial charge in [-0.2, -0.15) is 0 Å². The molecule has 2 aromatic rings. The number of anilines is 2. The quantitative estimate of drug-likeness (QED) is 0.842. The van der Waals surface area contributed by atoms with Crippen LogP contribution in [0.2, 0.25) is 0 Å². The van der Waals surface area contributed by atoms with Gasteiger partial charge in [0.25, 0.3) is 0 Å². The molecule has 23 heavy (non-hydrogen) atoms. The fraction of sp³-hybridized carbons (Fsp3) is 0.529. The van der Waals surface area contributed by atoms with Gasteiger partial charge >= 0.3 is 0 Å². The second-order valence-corrected chi connectivity index (χ2v) is 7.80. The van der Waals surface area contributed by atoms with Crippen LogP contribution in [0.25, 0.3) is 0 Å². The summed E-state index contributed by atoms with van der Waals surface area (Å²) in [6.45, 7) is 5.48. The summed E-state index contributed by atoms with van der Waals surface area (Å²) in [5, 5.41) is 0. The topological polar surface area (TPSA) is 35.5 Å². The monoisotopic (exact) mass is 331 g/mol. The van der Waals surface area contributed by atoms with Gasteiger partial charge < -0.3 is 9.80 Å². The fourth-order valence-electron chi connectivity index (χ4n) is 3.02. The Labute approximate surface area is 142 Å². The van der Waals surface area contributed by atoms with Gasteiger partial charge in [0, 0.05) is 62.6 Å². The lowest BCUT2D eigenvalue weighted by molar-refractivity contribution is 0.329. The third-order valence-electron chi connectivity index (χ3n) is 4.43. The lowest BCUT2D eigenvalue weighted by Crippen LogP contribution is -2.35. The van der Waals surface area contributed by atoms with E-state index in [1.807, 2.05) is 30.3 Å². The van der Waals surface area contributed by atoms with Crippen LogP contribution in [0.5, 0.6) is 0 Å².